The van der Waals surface area contributed by atoms with E-state index < -0.39 is 16.1 Å². The molecule has 5 nitrogen and oxygen atoms in total. The first kappa shape index (κ1) is 17.2. The first-order valence-electron chi connectivity index (χ1n) is 7.19. The van der Waals surface area contributed by atoms with Gasteiger partial charge in [0.15, 0.2) is 5.78 Å². The van der Waals surface area contributed by atoms with Gasteiger partial charge in [0.2, 0.25) is 0 Å². The van der Waals surface area contributed by atoms with Gasteiger partial charge in [0.1, 0.15) is 0 Å². The fourth-order valence-electron chi connectivity index (χ4n) is 2.18. The van der Waals surface area contributed by atoms with Gasteiger partial charge in [-0.3, -0.25) is 9.10 Å². The van der Waals surface area contributed by atoms with Crippen LogP contribution in [0.1, 0.15) is 24.2 Å². The van der Waals surface area contributed by atoms with Crippen LogP contribution < -0.4 is 4.31 Å². The van der Waals surface area contributed by atoms with E-state index >= 15 is 0 Å². The lowest BCUT2D eigenvalue weighted by atomic mass is 10.2. The maximum Gasteiger partial charge on any atom is 0.264 e. The molecule has 2 rings (SSSR count). The van der Waals surface area contributed by atoms with Crippen LogP contribution in [0.4, 0.5) is 5.69 Å². The van der Waals surface area contributed by atoms with Crippen molar-refractivity contribution in [2.24, 2.45) is 0 Å². The Morgan fingerprint density at radius 1 is 1.13 bits per heavy atom. The van der Waals surface area contributed by atoms with Crippen LogP contribution in [0.25, 0.3) is 0 Å². The van der Waals surface area contributed by atoms with Crippen molar-refractivity contribution >= 4 is 21.5 Å². The summed E-state index contributed by atoms with van der Waals surface area (Å²) in [6, 6.07) is 14.5. The minimum Gasteiger partial charge on any atom is -0.392 e. The van der Waals surface area contributed by atoms with E-state index in [4.69, 9.17) is 0 Å². The number of sulfonamides is 1. The number of hydrogen-bond acceptors (Lipinski definition) is 4. The van der Waals surface area contributed by atoms with Crippen molar-refractivity contribution in [3.05, 3.63) is 60.2 Å². The molecule has 0 saturated carbocycles. The second kappa shape index (κ2) is 6.93. The second-order valence-corrected chi connectivity index (χ2v) is 7.17. The highest BCUT2D eigenvalue weighted by atomic mass is 32.2. The van der Waals surface area contributed by atoms with Crippen LogP contribution >= 0.6 is 0 Å². The zero-order valence-corrected chi connectivity index (χ0v) is 13.8. The smallest absolute Gasteiger partial charge is 0.264 e. The van der Waals surface area contributed by atoms with Gasteiger partial charge in [-0.2, -0.15) is 0 Å². The molecule has 0 saturated heterocycles. The lowest BCUT2D eigenvalue weighted by molar-refractivity contribution is 0.101. The van der Waals surface area contributed by atoms with Gasteiger partial charge < -0.3 is 5.11 Å². The van der Waals surface area contributed by atoms with Crippen LogP contribution in [0.15, 0.2) is 59.5 Å². The lowest BCUT2D eigenvalue weighted by Gasteiger charge is -2.25. The molecule has 0 aromatic heterocycles. The summed E-state index contributed by atoms with van der Waals surface area (Å²) in [6.07, 6.45) is -0.832. The van der Waals surface area contributed by atoms with Gasteiger partial charge in [0, 0.05) is 5.56 Å². The molecule has 0 aliphatic heterocycles. The Balaban J connectivity index is 2.52. The van der Waals surface area contributed by atoms with Gasteiger partial charge in [-0.05, 0) is 38.1 Å². The molecule has 0 radical (unpaired) electrons. The first-order valence-corrected chi connectivity index (χ1v) is 8.63. The molecular weight excluding hydrogens is 314 g/mol. The number of carbonyl (C=O) groups is 1. The van der Waals surface area contributed by atoms with E-state index in [1.165, 1.54) is 32.0 Å². The number of anilines is 1. The number of carbonyl (C=O) groups excluding carboxylic acids is 1. The van der Waals surface area contributed by atoms with E-state index in [0.29, 0.717) is 11.3 Å². The average Bonchev–Trinajstić information content (AvgIpc) is 2.53. The summed E-state index contributed by atoms with van der Waals surface area (Å²) in [5.41, 5.74) is 0.790. The van der Waals surface area contributed by atoms with Crippen molar-refractivity contribution in [1.29, 1.82) is 0 Å². The molecular formula is C17H19NO4S. The van der Waals surface area contributed by atoms with Crippen LogP contribution in [0, 0.1) is 0 Å². The summed E-state index contributed by atoms with van der Waals surface area (Å²) in [5, 5.41) is 9.68. The zero-order chi connectivity index (χ0) is 17.0. The number of nitrogens with zero attached hydrogens (tertiary/aromatic N) is 1. The van der Waals surface area contributed by atoms with Crippen molar-refractivity contribution in [3.63, 3.8) is 0 Å². The molecule has 1 unspecified atom stereocenters. The summed E-state index contributed by atoms with van der Waals surface area (Å²) < 4.78 is 27.0. The normalized spacial score (nSPS) is 12.7. The summed E-state index contributed by atoms with van der Waals surface area (Å²) in [4.78, 5) is 11.5. The number of hydrogen-bond donors (Lipinski definition) is 1. The zero-order valence-electron chi connectivity index (χ0n) is 13.0. The number of aliphatic hydroxyl groups excluding tert-OH is 1. The molecule has 1 N–H and O–H groups in total. The van der Waals surface area contributed by atoms with Gasteiger partial charge in [-0.1, -0.05) is 30.3 Å². The van der Waals surface area contributed by atoms with E-state index in [2.05, 4.69) is 0 Å². The van der Waals surface area contributed by atoms with Crippen molar-refractivity contribution in [1.82, 2.24) is 0 Å². The number of para-hydroxylation sites is 1. The monoisotopic (exact) mass is 333 g/mol. The topological polar surface area (TPSA) is 74.7 Å². The number of ketones is 1. The fraction of sp³-hybridized carbons (Fsp3) is 0.235. The number of rotatable bonds is 6. The highest BCUT2D eigenvalue weighted by molar-refractivity contribution is 7.92. The third-order valence-corrected chi connectivity index (χ3v) is 5.09. The first-order chi connectivity index (χ1) is 10.8. The maximum absolute atomic E-state index is 12.9. The second-order valence-electron chi connectivity index (χ2n) is 5.30. The fourth-order valence-corrected chi connectivity index (χ4v) is 3.77. The Kier molecular flexibility index (Phi) is 5.18. The standard InChI is InChI=1S/C17H19NO4S/c1-13(19)12-18(16-8-4-3-5-9-16)23(21,22)17-10-6-7-15(11-17)14(2)20/h3-11,13,19H,12H2,1-2H3. The van der Waals surface area contributed by atoms with Gasteiger partial charge in [0.05, 0.1) is 23.2 Å². The van der Waals surface area contributed by atoms with Crippen molar-refractivity contribution in [3.8, 4) is 0 Å². The molecule has 0 heterocycles. The van der Waals surface area contributed by atoms with E-state index in [-0.39, 0.29) is 17.2 Å². The van der Waals surface area contributed by atoms with Crippen LogP contribution in [0.2, 0.25) is 0 Å². The Morgan fingerprint density at radius 2 is 1.78 bits per heavy atom. The minimum atomic E-state index is -3.88. The molecule has 0 spiro atoms. The molecule has 0 aliphatic rings. The third kappa shape index (κ3) is 3.97. The Labute approximate surface area is 136 Å². The lowest BCUT2D eigenvalue weighted by Crippen LogP contribution is -2.36. The highest BCUT2D eigenvalue weighted by Gasteiger charge is 2.26. The van der Waals surface area contributed by atoms with E-state index in [0.717, 1.165) is 4.31 Å². The molecule has 122 valence electrons. The molecule has 23 heavy (non-hydrogen) atoms. The Bertz CT molecular complexity index is 785. The van der Waals surface area contributed by atoms with Gasteiger partial charge in [-0.25, -0.2) is 8.42 Å². The number of benzene rings is 2. The maximum atomic E-state index is 12.9. The molecule has 2 aromatic carbocycles. The van der Waals surface area contributed by atoms with Crippen molar-refractivity contribution in [2.75, 3.05) is 10.8 Å². The minimum absolute atomic E-state index is 0.0229. The van der Waals surface area contributed by atoms with Gasteiger partial charge in [0.25, 0.3) is 10.0 Å². The SMILES string of the molecule is CC(=O)c1cccc(S(=O)(=O)N(CC(C)O)c2ccccc2)c1. The van der Waals surface area contributed by atoms with Gasteiger partial charge in [-0.15, -0.1) is 0 Å². The summed E-state index contributed by atoms with van der Waals surface area (Å²) in [7, 11) is -3.88. The quantitative estimate of drug-likeness (QED) is 0.824. The summed E-state index contributed by atoms with van der Waals surface area (Å²) in [5.74, 6) is -0.205. The van der Waals surface area contributed by atoms with Crippen LogP contribution in [-0.4, -0.2) is 32.0 Å². The molecule has 1 atom stereocenters. The third-order valence-electron chi connectivity index (χ3n) is 3.30. The van der Waals surface area contributed by atoms with E-state index in [1.54, 1.807) is 36.4 Å². The summed E-state index contributed by atoms with van der Waals surface area (Å²) >= 11 is 0. The van der Waals surface area contributed by atoms with Crippen LogP contribution in [-0.2, 0) is 10.0 Å². The average molecular weight is 333 g/mol. The van der Waals surface area contributed by atoms with E-state index in [9.17, 15) is 18.3 Å². The predicted octanol–water partition coefficient (Wildman–Crippen LogP) is 2.47. The van der Waals surface area contributed by atoms with Crippen LogP contribution in [0.5, 0.6) is 0 Å². The molecule has 0 fully saturated rings. The van der Waals surface area contributed by atoms with Crippen molar-refractivity contribution in [2.45, 2.75) is 24.8 Å². The Hall–Kier alpha value is -2.18. The van der Waals surface area contributed by atoms with Crippen molar-refractivity contribution < 1.29 is 18.3 Å². The molecule has 0 bridgehead atoms. The molecule has 2 aromatic rings. The predicted molar refractivity (Wildman–Crippen MR) is 89.1 cm³/mol. The largest absolute Gasteiger partial charge is 0.392 e. The number of aliphatic hydroxyl groups is 1. The molecule has 6 heteroatoms. The van der Waals surface area contributed by atoms with Crippen LogP contribution in [0.3, 0.4) is 0 Å². The summed E-state index contributed by atoms with van der Waals surface area (Å²) in [6.45, 7) is 2.84. The van der Waals surface area contributed by atoms with Gasteiger partial charge >= 0.3 is 0 Å². The highest BCUT2D eigenvalue weighted by Crippen LogP contribution is 2.24. The molecule has 0 amide bonds. The van der Waals surface area contributed by atoms with E-state index in [1.807, 2.05) is 0 Å². The molecule has 0 aliphatic carbocycles. The Morgan fingerprint density at radius 3 is 2.35 bits per heavy atom. The number of Topliss-reactive ketones (excluding diaryl/α,β-unsaturated/α-hetero) is 1.